The Morgan fingerprint density at radius 2 is 1.67 bits per heavy atom. The van der Waals surface area contributed by atoms with Gasteiger partial charge in [0.2, 0.25) is 10.0 Å². The maximum Gasteiger partial charge on any atom is 0.255 e. The van der Waals surface area contributed by atoms with Crippen molar-refractivity contribution in [2.24, 2.45) is 10.5 Å². The second-order valence-electron chi connectivity index (χ2n) is 9.91. The van der Waals surface area contributed by atoms with E-state index in [1.807, 2.05) is 31.2 Å². The first-order chi connectivity index (χ1) is 17.3. The summed E-state index contributed by atoms with van der Waals surface area (Å²) in [6.07, 6.45) is 4.62. The zero-order valence-corrected chi connectivity index (χ0v) is 21.9. The Morgan fingerprint density at radius 1 is 0.972 bits per heavy atom. The van der Waals surface area contributed by atoms with E-state index in [1.165, 1.54) is 4.31 Å². The number of benzene rings is 2. The Kier molecular flexibility index (Phi) is 6.55. The standard InChI is InChI=1S/C27H33N3O5S/c1-19-7-6-8-22(17-19)36(32,33)29-15-11-21(12-16-29)30-26(31)27(13-4-5-14-27)25(28-30)20-9-10-23(34-2)24(18-20)35-3/h6-10,17-18,21H,4-5,11-16H2,1-3H3. The summed E-state index contributed by atoms with van der Waals surface area (Å²) in [6, 6.07) is 12.6. The van der Waals surface area contributed by atoms with E-state index in [2.05, 4.69) is 0 Å². The van der Waals surface area contributed by atoms with Crippen LogP contribution in [-0.4, -0.2) is 62.7 Å². The molecule has 0 aromatic heterocycles. The van der Waals surface area contributed by atoms with Gasteiger partial charge in [0.25, 0.3) is 5.91 Å². The molecule has 2 aromatic carbocycles. The smallest absolute Gasteiger partial charge is 0.255 e. The fraction of sp³-hybridized carbons (Fsp3) is 0.481. The number of carbonyl (C=O) groups excluding carboxylic acids is 1. The highest BCUT2D eigenvalue weighted by Crippen LogP contribution is 2.48. The molecule has 8 nitrogen and oxygen atoms in total. The Morgan fingerprint density at radius 3 is 2.31 bits per heavy atom. The van der Waals surface area contributed by atoms with Gasteiger partial charge in [0.1, 0.15) is 0 Å². The Balaban J connectivity index is 1.40. The topological polar surface area (TPSA) is 88.5 Å². The number of sulfonamides is 1. The second-order valence-corrected chi connectivity index (χ2v) is 11.8. The van der Waals surface area contributed by atoms with E-state index < -0.39 is 15.4 Å². The molecule has 2 heterocycles. The first-order valence-corrected chi connectivity index (χ1v) is 14.0. The molecule has 2 aromatic rings. The first-order valence-electron chi connectivity index (χ1n) is 12.5. The molecular formula is C27H33N3O5S. The van der Waals surface area contributed by atoms with Gasteiger partial charge in [0.15, 0.2) is 11.5 Å². The third-order valence-electron chi connectivity index (χ3n) is 7.79. The maximum atomic E-state index is 13.9. The van der Waals surface area contributed by atoms with Crippen LogP contribution in [0.15, 0.2) is 52.5 Å². The average Bonchev–Trinajstić information content (AvgIpc) is 3.50. The molecule has 2 fully saturated rings. The second kappa shape index (κ2) is 9.52. The number of ether oxygens (including phenoxy) is 2. The monoisotopic (exact) mass is 511 g/mol. The summed E-state index contributed by atoms with van der Waals surface area (Å²) in [5.74, 6) is 1.28. The minimum atomic E-state index is -3.57. The Labute approximate surface area is 212 Å². The number of hydrogen-bond acceptors (Lipinski definition) is 6. The summed E-state index contributed by atoms with van der Waals surface area (Å²) in [4.78, 5) is 14.2. The quantitative estimate of drug-likeness (QED) is 0.586. The van der Waals surface area contributed by atoms with Crippen LogP contribution in [0, 0.1) is 12.3 Å². The van der Waals surface area contributed by atoms with Crippen LogP contribution in [0.25, 0.3) is 0 Å². The normalized spacial score (nSPS) is 20.7. The van der Waals surface area contributed by atoms with Crippen LogP contribution in [-0.2, 0) is 14.8 Å². The first kappa shape index (κ1) is 24.8. The number of carbonyl (C=O) groups is 1. The third-order valence-corrected chi connectivity index (χ3v) is 9.68. The van der Waals surface area contributed by atoms with Gasteiger partial charge in [-0.25, -0.2) is 13.4 Å². The number of hydrazone groups is 1. The molecule has 3 aliphatic rings. The molecule has 192 valence electrons. The van der Waals surface area contributed by atoms with Crippen LogP contribution < -0.4 is 9.47 Å². The predicted molar refractivity (Wildman–Crippen MR) is 137 cm³/mol. The molecule has 1 saturated carbocycles. The van der Waals surface area contributed by atoms with E-state index in [9.17, 15) is 13.2 Å². The zero-order chi connectivity index (χ0) is 25.5. The average molecular weight is 512 g/mol. The third kappa shape index (κ3) is 4.08. The highest BCUT2D eigenvalue weighted by Gasteiger charge is 2.54. The lowest BCUT2D eigenvalue weighted by Gasteiger charge is -2.35. The molecule has 1 aliphatic carbocycles. The highest BCUT2D eigenvalue weighted by molar-refractivity contribution is 7.89. The maximum absolute atomic E-state index is 13.9. The van der Waals surface area contributed by atoms with E-state index in [4.69, 9.17) is 14.6 Å². The van der Waals surface area contributed by atoms with Gasteiger partial charge in [-0.05, 0) is 68.5 Å². The molecule has 0 N–H and O–H groups in total. The van der Waals surface area contributed by atoms with E-state index in [-0.39, 0.29) is 11.9 Å². The van der Waals surface area contributed by atoms with Gasteiger partial charge >= 0.3 is 0 Å². The van der Waals surface area contributed by atoms with Crippen LogP contribution in [0.3, 0.4) is 0 Å². The van der Waals surface area contributed by atoms with Crippen LogP contribution in [0.5, 0.6) is 11.5 Å². The summed E-state index contributed by atoms with van der Waals surface area (Å²) in [6.45, 7) is 2.61. The summed E-state index contributed by atoms with van der Waals surface area (Å²) < 4.78 is 38.8. The van der Waals surface area contributed by atoms with Gasteiger partial charge in [0.05, 0.1) is 36.3 Å². The van der Waals surface area contributed by atoms with E-state index in [0.717, 1.165) is 42.5 Å². The highest BCUT2D eigenvalue weighted by atomic mass is 32.2. The molecule has 1 spiro atoms. The minimum absolute atomic E-state index is 0.0461. The van der Waals surface area contributed by atoms with Crippen molar-refractivity contribution in [3.05, 3.63) is 53.6 Å². The number of piperidine rings is 1. The van der Waals surface area contributed by atoms with Crippen molar-refractivity contribution in [2.45, 2.75) is 56.4 Å². The summed E-state index contributed by atoms with van der Waals surface area (Å²) in [5.41, 5.74) is 1.95. The lowest BCUT2D eigenvalue weighted by molar-refractivity contribution is -0.138. The van der Waals surface area contributed by atoms with Crippen molar-refractivity contribution in [1.82, 2.24) is 9.31 Å². The molecular weight excluding hydrogens is 478 g/mol. The molecule has 2 aliphatic heterocycles. The fourth-order valence-corrected chi connectivity index (χ4v) is 7.39. The largest absolute Gasteiger partial charge is 0.493 e. The van der Waals surface area contributed by atoms with Crippen molar-refractivity contribution >= 4 is 21.6 Å². The Bertz CT molecular complexity index is 1290. The zero-order valence-electron chi connectivity index (χ0n) is 21.1. The molecule has 1 amide bonds. The van der Waals surface area contributed by atoms with Crippen molar-refractivity contribution in [1.29, 1.82) is 0 Å². The van der Waals surface area contributed by atoms with Crippen molar-refractivity contribution in [3.63, 3.8) is 0 Å². The van der Waals surface area contributed by atoms with Gasteiger partial charge in [-0.2, -0.15) is 9.41 Å². The Hall–Kier alpha value is -2.91. The number of amides is 1. The molecule has 36 heavy (non-hydrogen) atoms. The van der Waals surface area contributed by atoms with Gasteiger partial charge in [-0.3, -0.25) is 4.79 Å². The molecule has 0 radical (unpaired) electrons. The SMILES string of the molecule is COc1ccc(C2=NN(C3CCN(S(=O)(=O)c4cccc(C)c4)CC3)C(=O)C23CCCC3)cc1OC. The fourth-order valence-electron chi connectivity index (χ4n) is 5.82. The molecule has 0 atom stereocenters. The lowest BCUT2D eigenvalue weighted by atomic mass is 9.77. The summed E-state index contributed by atoms with van der Waals surface area (Å²) in [5, 5.41) is 6.58. The van der Waals surface area contributed by atoms with E-state index in [1.54, 1.807) is 37.4 Å². The van der Waals surface area contributed by atoms with E-state index in [0.29, 0.717) is 42.3 Å². The van der Waals surface area contributed by atoms with Crippen LogP contribution in [0.4, 0.5) is 0 Å². The van der Waals surface area contributed by atoms with Crippen LogP contribution in [0.2, 0.25) is 0 Å². The van der Waals surface area contributed by atoms with E-state index >= 15 is 0 Å². The van der Waals surface area contributed by atoms with Gasteiger partial charge in [-0.1, -0.05) is 25.0 Å². The van der Waals surface area contributed by atoms with Crippen molar-refractivity contribution in [2.75, 3.05) is 27.3 Å². The number of methoxy groups -OCH3 is 2. The van der Waals surface area contributed by atoms with Gasteiger partial charge in [-0.15, -0.1) is 0 Å². The predicted octanol–water partition coefficient (Wildman–Crippen LogP) is 3.97. The summed E-state index contributed by atoms with van der Waals surface area (Å²) >= 11 is 0. The van der Waals surface area contributed by atoms with Gasteiger partial charge in [0, 0.05) is 18.7 Å². The molecule has 0 unspecified atom stereocenters. The molecule has 1 saturated heterocycles. The molecule has 0 bridgehead atoms. The number of rotatable bonds is 6. The lowest BCUT2D eigenvalue weighted by Crippen LogP contribution is -2.48. The number of aryl methyl sites for hydroxylation is 1. The van der Waals surface area contributed by atoms with Gasteiger partial charge < -0.3 is 9.47 Å². The number of hydrogen-bond donors (Lipinski definition) is 0. The minimum Gasteiger partial charge on any atom is -0.493 e. The van der Waals surface area contributed by atoms with Crippen molar-refractivity contribution in [3.8, 4) is 11.5 Å². The molecule has 5 rings (SSSR count). The summed E-state index contributed by atoms with van der Waals surface area (Å²) in [7, 11) is -0.373. The van der Waals surface area contributed by atoms with Crippen LogP contribution in [0.1, 0.15) is 49.7 Å². The molecule has 9 heteroatoms. The van der Waals surface area contributed by atoms with Crippen molar-refractivity contribution < 1.29 is 22.7 Å². The van der Waals surface area contributed by atoms with Crippen LogP contribution >= 0.6 is 0 Å². The number of nitrogens with zero attached hydrogens (tertiary/aromatic N) is 3.